The number of nitrogens with zero attached hydrogens (tertiary/aromatic N) is 3. The Bertz CT molecular complexity index is 820. The highest BCUT2D eigenvalue weighted by Crippen LogP contribution is 2.20. The maximum atomic E-state index is 13.0. The van der Waals surface area contributed by atoms with Gasteiger partial charge in [0.25, 0.3) is 5.91 Å². The summed E-state index contributed by atoms with van der Waals surface area (Å²) in [5.74, 6) is -4.70. The van der Waals surface area contributed by atoms with Gasteiger partial charge in [-0.25, -0.2) is 0 Å². The molecule has 3 N–H and O–H groups in total. The largest absolute Gasteiger partial charge is 0.404 e. The van der Waals surface area contributed by atoms with Crippen molar-refractivity contribution in [3.8, 4) is 0 Å². The van der Waals surface area contributed by atoms with E-state index in [4.69, 9.17) is 5.73 Å². The van der Waals surface area contributed by atoms with Crippen LogP contribution in [-0.4, -0.2) is 40.9 Å². The minimum atomic E-state index is -3.40. The van der Waals surface area contributed by atoms with Crippen molar-refractivity contribution in [2.45, 2.75) is 32.4 Å². The van der Waals surface area contributed by atoms with Gasteiger partial charge < -0.3 is 11.1 Å². The number of nitrogens with one attached hydrogen (secondary N) is 1. The van der Waals surface area contributed by atoms with Gasteiger partial charge in [0.2, 0.25) is 0 Å². The molecule has 1 amide bonds. The maximum Gasteiger partial charge on any atom is 0.321 e. The third-order valence-electron chi connectivity index (χ3n) is 3.65. The van der Waals surface area contributed by atoms with Crippen molar-refractivity contribution < 1.29 is 13.6 Å². The number of allylic oxidation sites excluding steroid dienone is 1. The van der Waals surface area contributed by atoms with Crippen LogP contribution in [0.15, 0.2) is 35.6 Å². The lowest BCUT2D eigenvalue weighted by Gasteiger charge is -2.17. The molecule has 0 bridgehead atoms. The number of hydrogen-bond donors (Lipinski definition) is 2. The van der Waals surface area contributed by atoms with E-state index in [1.165, 1.54) is 6.20 Å². The van der Waals surface area contributed by atoms with E-state index in [9.17, 15) is 13.6 Å². The number of carbonyl (C=O) groups is 1. The van der Waals surface area contributed by atoms with E-state index in [-0.39, 0.29) is 6.54 Å². The minimum absolute atomic E-state index is 0.278. The minimum Gasteiger partial charge on any atom is -0.404 e. The molecule has 1 unspecified atom stereocenters. The Morgan fingerprint density at radius 3 is 2.84 bits per heavy atom. The quantitative estimate of drug-likeness (QED) is 0.784. The molecule has 0 saturated heterocycles. The number of amides is 1. The van der Waals surface area contributed by atoms with Gasteiger partial charge in [-0.3, -0.25) is 14.5 Å². The summed E-state index contributed by atoms with van der Waals surface area (Å²) in [6.07, 6.45) is 4.81. The molecular weight excluding hydrogens is 328 g/mol. The lowest BCUT2D eigenvalue weighted by molar-refractivity contribution is -0.143. The Labute approximate surface area is 144 Å². The number of halogens is 2. The number of hydrogen-bond acceptors (Lipinski definition) is 4. The first kappa shape index (κ1) is 18.6. The van der Waals surface area contributed by atoms with Crippen LogP contribution >= 0.6 is 0 Å². The molecule has 134 valence electrons. The fraction of sp³-hybridized carbons (Fsp3) is 0.353. The second kappa shape index (κ2) is 7.42. The summed E-state index contributed by atoms with van der Waals surface area (Å²) in [5, 5.41) is 7.43. The van der Waals surface area contributed by atoms with E-state index in [0.29, 0.717) is 6.92 Å². The Balaban J connectivity index is 2.20. The first-order valence-electron chi connectivity index (χ1n) is 7.75. The van der Waals surface area contributed by atoms with Gasteiger partial charge in [-0.15, -0.1) is 0 Å². The summed E-state index contributed by atoms with van der Waals surface area (Å²) in [6, 6.07) is 5.17. The monoisotopic (exact) mass is 349 g/mol. The number of fused-ring (bicyclic) bond motifs is 1. The van der Waals surface area contributed by atoms with Gasteiger partial charge in [-0.2, -0.15) is 13.9 Å². The van der Waals surface area contributed by atoms with Gasteiger partial charge in [-0.1, -0.05) is 6.07 Å². The van der Waals surface area contributed by atoms with Gasteiger partial charge in [0.1, 0.15) is 0 Å². The molecular formula is C17H21F2N5O. The zero-order chi connectivity index (χ0) is 18.6. The van der Waals surface area contributed by atoms with Gasteiger partial charge in [0, 0.05) is 43.4 Å². The van der Waals surface area contributed by atoms with Crippen molar-refractivity contribution >= 4 is 28.6 Å². The van der Waals surface area contributed by atoms with Crippen LogP contribution in [0, 0.1) is 0 Å². The average molecular weight is 349 g/mol. The van der Waals surface area contributed by atoms with E-state index in [1.54, 1.807) is 31.1 Å². The topological polar surface area (TPSA) is 85.3 Å². The first-order valence-corrected chi connectivity index (χ1v) is 7.75. The van der Waals surface area contributed by atoms with Crippen LogP contribution < -0.4 is 11.1 Å². The molecule has 0 spiro atoms. The Kier molecular flexibility index (Phi) is 5.51. The number of aliphatic imine (C=N–C) groups is 1. The third kappa shape index (κ3) is 4.40. The highest BCUT2D eigenvalue weighted by Gasteiger charge is 2.32. The number of alkyl halides is 2. The van der Waals surface area contributed by atoms with Crippen molar-refractivity contribution in [3.63, 3.8) is 0 Å². The van der Waals surface area contributed by atoms with Gasteiger partial charge in [0.15, 0.2) is 0 Å². The standard InChI is InChI=1S/C17H21F2N5O/c1-11(23-16(25)17(2,18)19)10-24-15-5-4-12(6-13(15)9-22-24)14(7-20)8-21-3/h4-9,11H,10,20H2,1-3H3,(H,23,25)/b14-7+,21-8?. The molecule has 0 fully saturated rings. The fourth-order valence-corrected chi connectivity index (χ4v) is 2.42. The molecule has 1 atom stereocenters. The summed E-state index contributed by atoms with van der Waals surface area (Å²) in [6.45, 7) is 2.50. The van der Waals surface area contributed by atoms with Crippen LogP contribution in [0.3, 0.4) is 0 Å². The van der Waals surface area contributed by atoms with E-state index >= 15 is 0 Å². The highest BCUT2D eigenvalue weighted by atomic mass is 19.3. The zero-order valence-corrected chi connectivity index (χ0v) is 14.3. The number of nitrogens with two attached hydrogens (primary N) is 1. The predicted octanol–water partition coefficient (Wildman–Crippen LogP) is 2.20. The smallest absolute Gasteiger partial charge is 0.321 e. The molecule has 1 aromatic heterocycles. The lowest BCUT2D eigenvalue weighted by atomic mass is 10.1. The molecule has 2 rings (SSSR count). The molecule has 1 aromatic carbocycles. The highest BCUT2D eigenvalue weighted by molar-refractivity contribution is 6.10. The van der Waals surface area contributed by atoms with Crippen LogP contribution in [0.4, 0.5) is 8.78 Å². The maximum absolute atomic E-state index is 13.0. The van der Waals surface area contributed by atoms with Crippen molar-refractivity contribution in [2.75, 3.05) is 7.05 Å². The molecule has 8 heteroatoms. The van der Waals surface area contributed by atoms with Crippen molar-refractivity contribution in [1.29, 1.82) is 0 Å². The van der Waals surface area contributed by atoms with E-state index < -0.39 is 17.9 Å². The molecule has 0 aliphatic carbocycles. The number of aromatic nitrogens is 2. The van der Waals surface area contributed by atoms with Crippen LogP contribution in [0.2, 0.25) is 0 Å². The van der Waals surface area contributed by atoms with E-state index in [0.717, 1.165) is 22.0 Å². The Hall–Kier alpha value is -2.77. The molecule has 25 heavy (non-hydrogen) atoms. The average Bonchev–Trinajstić information content (AvgIpc) is 2.93. The molecule has 0 radical (unpaired) electrons. The van der Waals surface area contributed by atoms with Crippen LogP contribution in [0.1, 0.15) is 19.4 Å². The van der Waals surface area contributed by atoms with Crippen molar-refractivity contribution in [3.05, 3.63) is 36.2 Å². The summed E-state index contributed by atoms with van der Waals surface area (Å²) >= 11 is 0. The second-order valence-electron chi connectivity index (χ2n) is 5.87. The van der Waals surface area contributed by atoms with Crippen LogP contribution in [0.5, 0.6) is 0 Å². The van der Waals surface area contributed by atoms with E-state index in [2.05, 4.69) is 15.4 Å². The zero-order valence-electron chi connectivity index (χ0n) is 14.3. The number of rotatable bonds is 6. The van der Waals surface area contributed by atoms with Gasteiger partial charge in [0.05, 0.1) is 18.3 Å². The number of carbonyl (C=O) groups excluding carboxylic acids is 1. The predicted molar refractivity (Wildman–Crippen MR) is 94.5 cm³/mol. The number of benzene rings is 1. The van der Waals surface area contributed by atoms with Crippen molar-refractivity contribution in [2.24, 2.45) is 10.7 Å². The molecule has 0 aliphatic rings. The Morgan fingerprint density at radius 2 is 2.24 bits per heavy atom. The summed E-state index contributed by atoms with van der Waals surface area (Å²) in [7, 11) is 1.66. The first-order chi connectivity index (χ1) is 11.8. The fourth-order valence-electron chi connectivity index (χ4n) is 2.42. The molecule has 0 aliphatic heterocycles. The summed E-state index contributed by atoms with van der Waals surface area (Å²) in [4.78, 5) is 15.3. The van der Waals surface area contributed by atoms with Crippen LogP contribution in [-0.2, 0) is 11.3 Å². The van der Waals surface area contributed by atoms with Crippen LogP contribution in [0.25, 0.3) is 16.5 Å². The third-order valence-corrected chi connectivity index (χ3v) is 3.65. The van der Waals surface area contributed by atoms with E-state index in [1.807, 2.05) is 18.2 Å². The van der Waals surface area contributed by atoms with Crippen molar-refractivity contribution in [1.82, 2.24) is 15.1 Å². The summed E-state index contributed by atoms with van der Waals surface area (Å²) in [5.41, 5.74) is 8.12. The molecule has 0 saturated carbocycles. The lowest BCUT2D eigenvalue weighted by Crippen LogP contribution is -2.44. The van der Waals surface area contributed by atoms with Gasteiger partial charge in [-0.05, 0) is 24.6 Å². The second-order valence-corrected chi connectivity index (χ2v) is 5.87. The molecule has 1 heterocycles. The Morgan fingerprint density at radius 1 is 1.52 bits per heavy atom. The molecule has 6 nitrogen and oxygen atoms in total. The SMILES string of the molecule is CN=C/C(=C\N)c1ccc2c(cnn2CC(C)NC(=O)C(C)(F)F)c1. The summed E-state index contributed by atoms with van der Waals surface area (Å²) < 4.78 is 27.6. The van der Waals surface area contributed by atoms with Gasteiger partial charge >= 0.3 is 5.92 Å². The normalized spacial score (nSPS) is 14.2. The molecule has 2 aromatic rings.